The molecular weight excluding hydrogens is 342 g/mol. The third kappa shape index (κ3) is 1.74. The monoisotopic (exact) mass is 359 g/mol. The molecule has 0 fully saturated rings. The predicted molar refractivity (Wildman–Crippen MR) is 111 cm³/mol. The number of hydrogen-bond acceptors (Lipinski definition) is 3. The summed E-state index contributed by atoms with van der Waals surface area (Å²) in [5.74, 6) is 1.06. The van der Waals surface area contributed by atoms with Crippen LogP contribution < -0.4 is 4.90 Å². The van der Waals surface area contributed by atoms with Gasteiger partial charge < -0.3 is 0 Å². The molecule has 0 bridgehead atoms. The molecule has 0 atom stereocenters. The Kier molecular flexibility index (Phi) is 2.64. The Morgan fingerprint density at radius 1 is 0.750 bits per heavy atom. The number of nitrogens with zero attached hydrogens (tertiary/aromatic N) is 3. The number of pyridine rings is 2. The number of rotatable bonds is 0. The second-order valence-electron chi connectivity index (χ2n) is 7.91. The van der Waals surface area contributed by atoms with Crippen LogP contribution in [0.25, 0.3) is 11.1 Å². The lowest BCUT2D eigenvalue weighted by atomic mass is 9.83. The van der Waals surface area contributed by atoms with Gasteiger partial charge in [0.25, 0.3) is 0 Å². The van der Waals surface area contributed by atoms with Gasteiger partial charge in [-0.3, -0.25) is 9.88 Å². The van der Waals surface area contributed by atoms with Crippen molar-refractivity contribution in [3.63, 3.8) is 0 Å². The van der Waals surface area contributed by atoms with E-state index in [0.717, 1.165) is 25.1 Å². The first-order chi connectivity index (χ1) is 13.9. The first-order valence-corrected chi connectivity index (χ1v) is 9.81. The lowest BCUT2D eigenvalue weighted by molar-refractivity contribution is 0.971. The molecule has 7 rings (SSSR count). The maximum Gasteiger partial charge on any atom is 0.141 e. The molecule has 0 spiro atoms. The normalized spacial score (nSPS) is 14.6. The zero-order chi connectivity index (χ0) is 18.2. The fourth-order valence-corrected chi connectivity index (χ4v) is 5.32. The van der Waals surface area contributed by atoms with Gasteiger partial charge in [-0.1, -0.05) is 36.4 Å². The summed E-state index contributed by atoms with van der Waals surface area (Å²) in [6.07, 6.45) is 8.72. The second kappa shape index (κ2) is 5.08. The molecule has 0 saturated carbocycles. The Labute approximate surface area is 163 Å². The maximum absolute atomic E-state index is 4.79. The second-order valence-corrected chi connectivity index (χ2v) is 7.91. The van der Waals surface area contributed by atoms with Crippen LogP contribution in [-0.2, 0) is 19.3 Å². The number of hydrogen-bond donors (Lipinski definition) is 0. The topological polar surface area (TPSA) is 29.0 Å². The molecule has 2 aromatic carbocycles. The quantitative estimate of drug-likeness (QED) is 0.367. The summed E-state index contributed by atoms with van der Waals surface area (Å²) in [7, 11) is 0. The lowest BCUT2D eigenvalue weighted by Gasteiger charge is -2.39. The first-order valence-electron chi connectivity index (χ1n) is 9.81. The van der Waals surface area contributed by atoms with Gasteiger partial charge in [0.15, 0.2) is 0 Å². The largest absolute Gasteiger partial charge is 0.294 e. The van der Waals surface area contributed by atoms with Crippen molar-refractivity contribution in [1.82, 2.24) is 9.97 Å². The van der Waals surface area contributed by atoms with Gasteiger partial charge in [0.2, 0.25) is 0 Å². The molecule has 3 heteroatoms. The molecule has 2 aliphatic heterocycles. The predicted octanol–water partition coefficient (Wildman–Crippen LogP) is 5.33. The number of anilines is 3. The summed E-state index contributed by atoms with van der Waals surface area (Å²) in [5.41, 5.74) is 13.8. The third-order valence-electron chi connectivity index (χ3n) is 6.40. The van der Waals surface area contributed by atoms with Crippen LogP contribution in [0.3, 0.4) is 0 Å². The van der Waals surface area contributed by atoms with E-state index in [9.17, 15) is 0 Å². The highest BCUT2D eigenvalue weighted by Crippen LogP contribution is 2.54. The van der Waals surface area contributed by atoms with E-state index in [1.165, 1.54) is 55.9 Å². The Morgan fingerprint density at radius 3 is 2.64 bits per heavy atom. The van der Waals surface area contributed by atoms with E-state index in [4.69, 9.17) is 4.98 Å². The van der Waals surface area contributed by atoms with Gasteiger partial charge in [-0.15, -0.1) is 0 Å². The van der Waals surface area contributed by atoms with Crippen LogP contribution in [0.1, 0.15) is 33.4 Å². The molecule has 132 valence electrons. The molecule has 0 amide bonds. The Bertz CT molecular complexity index is 1290. The van der Waals surface area contributed by atoms with Crippen molar-refractivity contribution in [2.45, 2.75) is 19.3 Å². The average molecular weight is 359 g/mol. The molecule has 28 heavy (non-hydrogen) atoms. The van der Waals surface area contributed by atoms with E-state index < -0.39 is 0 Å². The average Bonchev–Trinajstić information content (AvgIpc) is 3.11. The van der Waals surface area contributed by atoms with Crippen molar-refractivity contribution in [2.24, 2.45) is 0 Å². The molecule has 0 N–H and O–H groups in total. The summed E-state index contributed by atoms with van der Waals surface area (Å²) in [5, 5.41) is 0. The van der Waals surface area contributed by atoms with Crippen LogP contribution in [0.2, 0.25) is 0 Å². The van der Waals surface area contributed by atoms with Crippen molar-refractivity contribution in [3.8, 4) is 11.1 Å². The molecule has 0 saturated heterocycles. The van der Waals surface area contributed by atoms with Gasteiger partial charge in [0, 0.05) is 31.4 Å². The van der Waals surface area contributed by atoms with E-state index >= 15 is 0 Å². The molecular formula is C25H17N3. The van der Waals surface area contributed by atoms with Crippen LogP contribution in [-0.4, -0.2) is 9.97 Å². The van der Waals surface area contributed by atoms with Crippen LogP contribution in [0, 0.1) is 0 Å². The van der Waals surface area contributed by atoms with Gasteiger partial charge in [0.1, 0.15) is 5.82 Å². The molecule has 2 aromatic heterocycles. The smallest absolute Gasteiger partial charge is 0.141 e. The van der Waals surface area contributed by atoms with Crippen molar-refractivity contribution in [2.75, 3.05) is 4.90 Å². The molecule has 3 aliphatic rings. The Morgan fingerprint density at radius 2 is 1.64 bits per heavy atom. The van der Waals surface area contributed by atoms with Crippen molar-refractivity contribution in [1.29, 1.82) is 0 Å². The zero-order valence-corrected chi connectivity index (χ0v) is 15.3. The van der Waals surface area contributed by atoms with Gasteiger partial charge >= 0.3 is 0 Å². The fourth-order valence-electron chi connectivity index (χ4n) is 5.32. The summed E-state index contributed by atoms with van der Waals surface area (Å²) >= 11 is 0. The van der Waals surface area contributed by atoms with Crippen LogP contribution in [0.4, 0.5) is 17.2 Å². The minimum absolute atomic E-state index is 0.938. The van der Waals surface area contributed by atoms with E-state index in [0.29, 0.717) is 0 Å². The highest BCUT2D eigenvalue weighted by atomic mass is 15.2. The minimum atomic E-state index is 0.938. The standard InChI is InChI=1S/C25H17N3/c1-2-6-20-15(4-1)10-17-11-18-12-19-14-26-9-7-22(19)28-24(18)21(23(17)20)13-16-5-3-8-27-25(16)28/h1-9,11,14H,10,12-13H2. The maximum atomic E-state index is 4.79. The van der Waals surface area contributed by atoms with Gasteiger partial charge in [-0.05, 0) is 63.1 Å². The molecule has 0 radical (unpaired) electrons. The van der Waals surface area contributed by atoms with Gasteiger partial charge in [-0.2, -0.15) is 0 Å². The van der Waals surface area contributed by atoms with Crippen LogP contribution in [0.5, 0.6) is 0 Å². The van der Waals surface area contributed by atoms with Gasteiger partial charge in [0.05, 0.1) is 11.4 Å². The van der Waals surface area contributed by atoms with E-state index in [2.05, 4.69) is 58.4 Å². The molecule has 0 unspecified atom stereocenters. The summed E-state index contributed by atoms with van der Waals surface area (Å²) in [6, 6.07) is 17.7. The molecule has 1 aliphatic carbocycles. The number of benzene rings is 2. The molecule has 4 aromatic rings. The Balaban J connectivity index is 1.60. The fraction of sp³-hybridized carbons (Fsp3) is 0.120. The highest BCUT2D eigenvalue weighted by Gasteiger charge is 2.36. The van der Waals surface area contributed by atoms with E-state index in [-0.39, 0.29) is 0 Å². The summed E-state index contributed by atoms with van der Waals surface area (Å²) in [4.78, 5) is 11.6. The van der Waals surface area contributed by atoms with Crippen molar-refractivity contribution >= 4 is 17.2 Å². The first kappa shape index (κ1) is 14.6. The van der Waals surface area contributed by atoms with E-state index in [1.807, 2.05) is 18.6 Å². The van der Waals surface area contributed by atoms with Gasteiger partial charge in [-0.25, -0.2) is 4.98 Å². The van der Waals surface area contributed by atoms with Crippen LogP contribution >= 0.6 is 0 Å². The summed E-state index contributed by atoms with van der Waals surface area (Å²) in [6.45, 7) is 0. The van der Waals surface area contributed by atoms with Crippen molar-refractivity contribution < 1.29 is 0 Å². The van der Waals surface area contributed by atoms with E-state index in [1.54, 1.807) is 0 Å². The SMILES string of the molecule is c1ccc2c(c1)Cc1cc3c4c(c1-2)Cc1cccnc1N4c1ccncc1C3. The molecule has 3 nitrogen and oxygen atoms in total. The number of aromatic nitrogens is 2. The third-order valence-corrected chi connectivity index (χ3v) is 6.40. The Hall–Kier alpha value is -3.46. The van der Waals surface area contributed by atoms with Crippen LogP contribution in [0.15, 0.2) is 67.1 Å². The minimum Gasteiger partial charge on any atom is -0.294 e. The molecule has 4 heterocycles. The lowest BCUT2D eigenvalue weighted by Crippen LogP contribution is -2.26. The van der Waals surface area contributed by atoms with Crippen molar-refractivity contribution in [3.05, 3.63) is 101 Å². The summed E-state index contributed by atoms with van der Waals surface area (Å²) < 4.78 is 0. The zero-order valence-electron chi connectivity index (χ0n) is 15.3. The highest BCUT2D eigenvalue weighted by molar-refractivity contribution is 5.94. The number of fused-ring (bicyclic) bond motifs is 8.